The van der Waals surface area contributed by atoms with Crippen LogP contribution in [0.25, 0.3) is 22.4 Å². The molecule has 4 aromatic rings. The number of carbonyl (C=O) groups is 1. The molecule has 1 aliphatic carbocycles. The number of amides is 1. The molecule has 0 bridgehead atoms. The number of nitrogens with one attached hydrogen (secondary N) is 3. The van der Waals surface area contributed by atoms with E-state index < -0.39 is 6.10 Å². The number of aliphatic hydroxyl groups excluding tert-OH is 1. The van der Waals surface area contributed by atoms with Crippen molar-refractivity contribution in [3.05, 3.63) is 75.2 Å². The van der Waals surface area contributed by atoms with E-state index in [9.17, 15) is 14.7 Å². The Morgan fingerprint density at radius 3 is 2.65 bits per heavy atom. The molecule has 4 N–H and O–H groups in total. The number of fused-ring (bicyclic) bond motifs is 2. The van der Waals surface area contributed by atoms with Gasteiger partial charge in [-0.25, -0.2) is 4.98 Å². The van der Waals surface area contributed by atoms with Crippen LogP contribution in [0.1, 0.15) is 52.7 Å². The fraction of sp³-hybridized carbons (Fsp3) is 0.424. The van der Waals surface area contributed by atoms with Crippen molar-refractivity contribution in [2.24, 2.45) is 0 Å². The van der Waals surface area contributed by atoms with E-state index in [2.05, 4.69) is 20.2 Å². The first-order valence-corrected chi connectivity index (χ1v) is 15.3. The van der Waals surface area contributed by atoms with Gasteiger partial charge in [-0.3, -0.25) is 9.59 Å². The average Bonchev–Trinajstić information content (AvgIpc) is 3.69. The summed E-state index contributed by atoms with van der Waals surface area (Å²) in [5, 5.41) is 13.8. The summed E-state index contributed by atoms with van der Waals surface area (Å²) in [6, 6.07) is 12.6. The number of carbonyl (C=O) groups excluding carboxylic acids is 1. The number of likely N-dealkylation sites (tertiary alicyclic amines) is 1. The number of anilines is 1. The lowest BCUT2D eigenvalue weighted by molar-refractivity contribution is 0.0590. The third-order valence-electron chi connectivity index (χ3n) is 9.03. The van der Waals surface area contributed by atoms with Crippen molar-refractivity contribution >= 4 is 22.6 Å². The van der Waals surface area contributed by atoms with E-state index >= 15 is 0 Å². The zero-order valence-corrected chi connectivity index (χ0v) is 24.7. The van der Waals surface area contributed by atoms with E-state index in [1.807, 2.05) is 49.1 Å². The van der Waals surface area contributed by atoms with Gasteiger partial charge in [-0.2, -0.15) is 0 Å². The van der Waals surface area contributed by atoms with Crippen molar-refractivity contribution in [2.75, 3.05) is 31.6 Å². The van der Waals surface area contributed by atoms with Gasteiger partial charge in [0.25, 0.3) is 11.5 Å². The number of aromatic nitrogens is 3. The van der Waals surface area contributed by atoms with Crippen molar-refractivity contribution < 1.29 is 14.6 Å². The van der Waals surface area contributed by atoms with Gasteiger partial charge >= 0.3 is 0 Å². The number of hydrogen-bond donors (Lipinski definition) is 4. The quantitative estimate of drug-likeness (QED) is 0.235. The largest absolute Gasteiger partial charge is 0.491 e. The number of aromatic amines is 2. The molecule has 224 valence electrons. The Morgan fingerprint density at radius 1 is 1.07 bits per heavy atom. The van der Waals surface area contributed by atoms with E-state index in [1.165, 1.54) is 12.8 Å². The number of aryl methyl sites for hydroxylation is 2. The number of imidazole rings is 1. The standard InChI is InChI=1S/C33H38N6O4/c1-19-3-6-29(20(2)13-19)43-18-24(40)16-35-26-7-10-34-32(41)30(26)31-36-27-14-21-17-39(33(42)25(21)15-28(27)37-31)23-8-11-38(12-9-23)22-4-5-22/h3,6-7,10,13-15,22-24,40H,4-5,8-9,11-12,16-18H2,1-2H3,(H,36,37)(H2,34,35,41). The molecule has 1 atom stereocenters. The number of hydrogen-bond acceptors (Lipinski definition) is 7. The molecule has 1 unspecified atom stereocenters. The zero-order valence-electron chi connectivity index (χ0n) is 24.7. The lowest BCUT2D eigenvalue weighted by atomic mass is 10.0. The van der Waals surface area contributed by atoms with Crippen LogP contribution in [0.2, 0.25) is 0 Å². The van der Waals surface area contributed by atoms with Crippen molar-refractivity contribution in [2.45, 2.75) is 64.3 Å². The molecule has 0 spiro atoms. The molecule has 2 aromatic carbocycles. The highest BCUT2D eigenvalue weighted by molar-refractivity contribution is 6.02. The summed E-state index contributed by atoms with van der Waals surface area (Å²) in [4.78, 5) is 41.8. The Morgan fingerprint density at radius 2 is 1.88 bits per heavy atom. The highest BCUT2D eigenvalue weighted by Gasteiger charge is 2.38. The highest BCUT2D eigenvalue weighted by atomic mass is 16.5. The smallest absolute Gasteiger partial charge is 0.261 e. The van der Waals surface area contributed by atoms with Crippen LogP contribution in [0.5, 0.6) is 5.75 Å². The Labute approximate surface area is 250 Å². The first kappa shape index (κ1) is 27.7. The van der Waals surface area contributed by atoms with Crippen molar-refractivity contribution in [3.8, 4) is 17.1 Å². The molecule has 7 rings (SSSR count). The van der Waals surface area contributed by atoms with E-state index in [-0.39, 0.29) is 30.7 Å². The Kier molecular flexibility index (Phi) is 7.18. The van der Waals surface area contributed by atoms with Gasteiger partial charge < -0.3 is 34.9 Å². The molecule has 43 heavy (non-hydrogen) atoms. The summed E-state index contributed by atoms with van der Waals surface area (Å²) in [7, 11) is 0. The number of benzene rings is 2. The summed E-state index contributed by atoms with van der Waals surface area (Å²) in [6.07, 6.45) is 5.44. The molecule has 10 heteroatoms. The van der Waals surface area contributed by atoms with Crippen LogP contribution in [0.3, 0.4) is 0 Å². The second-order valence-corrected chi connectivity index (χ2v) is 12.3. The van der Waals surface area contributed by atoms with Gasteiger partial charge in [0.2, 0.25) is 0 Å². The molecule has 4 heterocycles. The molecule has 1 saturated heterocycles. The minimum Gasteiger partial charge on any atom is -0.491 e. The van der Waals surface area contributed by atoms with Crippen molar-refractivity contribution in [3.63, 3.8) is 0 Å². The number of nitrogens with zero attached hydrogens (tertiary/aromatic N) is 3. The van der Waals surface area contributed by atoms with E-state index in [0.29, 0.717) is 34.7 Å². The Hall–Kier alpha value is -4.15. The van der Waals surface area contributed by atoms with Gasteiger partial charge in [0, 0.05) is 50.0 Å². The van der Waals surface area contributed by atoms with Gasteiger partial charge in [-0.05, 0) is 74.9 Å². The van der Waals surface area contributed by atoms with E-state index in [0.717, 1.165) is 59.9 Å². The average molecular weight is 583 g/mol. The molecule has 0 radical (unpaired) electrons. The zero-order chi connectivity index (χ0) is 29.7. The van der Waals surface area contributed by atoms with Crippen LogP contribution in [-0.2, 0) is 6.54 Å². The molecule has 10 nitrogen and oxygen atoms in total. The monoisotopic (exact) mass is 582 g/mol. The molecule has 2 aliphatic heterocycles. The van der Waals surface area contributed by atoms with Crippen LogP contribution in [-0.4, -0.2) is 80.2 Å². The number of aliphatic hydroxyl groups is 1. The third-order valence-corrected chi connectivity index (χ3v) is 9.03. The maximum atomic E-state index is 13.5. The van der Waals surface area contributed by atoms with Gasteiger partial charge in [-0.15, -0.1) is 0 Å². The maximum Gasteiger partial charge on any atom is 0.261 e. The fourth-order valence-electron chi connectivity index (χ4n) is 6.55. The number of H-pyrrole nitrogens is 2. The number of piperidine rings is 1. The molecular weight excluding hydrogens is 544 g/mol. The topological polar surface area (TPSA) is 127 Å². The predicted octanol–water partition coefficient (Wildman–Crippen LogP) is 3.97. The fourth-order valence-corrected chi connectivity index (χ4v) is 6.55. The molecular formula is C33H38N6O4. The van der Waals surface area contributed by atoms with Crippen LogP contribution < -0.4 is 15.6 Å². The Balaban J connectivity index is 1.05. The lowest BCUT2D eigenvalue weighted by Gasteiger charge is -2.36. The van der Waals surface area contributed by atoms with Gasteiger partial charge in [-0.1, -0.05) is 17.7 Å². The first-order chi connectivity index (χ1) is 20.8. The molecule has 2 fully saturated rings. The van der Waals surface area contributed by atoms with Gasteiger partial charge in [0.1, 0.15) is 29.8 Å². The van der Waals surface area contributed by atoms with Crippen LogP contribution in [0, 0.1) is 13.8 Å². The van der Waals surface area contributed by atoms with Crippen molar-refractivity contribution in [1.82, 2.24) is 24.8 Å². The number of rotatable bonds is 9. The van der Waals surface area contributed by atoms with Crippen LogP contribution in [0.4, 0.5) is 5.69 Å². The van der Waals surface area contributed by atoms with E-state index in [1.54, 1.807) is 12.3 Å². The van der Waals surface area contributed by atoms with Gasteiger partial charge in [0.05, 0.1) is 16.7 Å². The van der Waals surface area contributed by atoms with Crippen molar-refractivity contribution in [1.29, 1.82) is 0 Å². The maximum absolute atomic E-state index is 13.5. The third kappa shape index (κ3) is 5.52. The Bertz CT molecular complexity index is 1730. The molecule has 3 aliphatic rings. The summed E-state index contributed by atoms with van der Waals surface area (Å²) in [5.74, 6) is 1.21. The highest BCUT2D eigenvalue weighted by Crippen LogP contribution is 2.35. The molecule has 1 saturated carbocycles. The summed E-state index contributed by atoms with van der Waals surface area (Å²) in [6.45, 7) is 7.03. The SMILES string of the molecule is Cc1ccc(OCC(O)CNc2cc[nH]c(=O)c2-c2nc3cc4c(cc3[nH]2)CN(C2CCN(C3CC3)CC2)C4=O)c(C)c1. The molecule has 2 aromatic heterocycles. The second-order valence-electron chi connectivity index (χ2n) is 12.3. The number of pyridine rings is 1. The predicted molar refractivity (Wildman–Crippen MR) is 166 cm³/mol. The van der Waals surface area contributed by atoms with Crippen LogP contribution in [0.15, 0.2) is 47.4 Å². The normalized spacial score (nSPS) is 18.3. The summed E-state index contributed by atoms with van der Waals surface area (Å²) >= 11 is 0. The van der Waals surface area contributed by atoms with Gasteiger partial charge in [0.15, 0.2) is 0 Å². The second kappa shape index (κ2) is 11.2. The lowest BCUT2D eigenvalue weighted by Crippen LogP contribution is -2.45. The first-order valence-electron chi connectivity index (χ1n) is 15.3. The van der Waals surface area contributed by atoms with E-state index in [4.69, 9.17) is 9.72 Å². The summed E-state index contributed by atoms with van der Waals surface area (Å²) < 4.78 is 5.82. The minimum atomic E-state index is -0.804. The number of ether oxygens (including phenoxy) is 1. The minimum absolute atomic E-state index is 0.0725. The summed E-state index contributed by atoms with van der Waals surface area (Å²) in [5.41, 5.74) is 5.85. The van der Waals surface area contributed by atoms with Crippen LogP contribution >= 0.6 is 0 Å². The molecule has 1 amide bonds.